The van der Waals surface area contributed by atoms with E-state index in [0.29, 0.717) is 35.3 Å². The van der Waals surface area contributed by atoms with Gasteiger partial charge in [0.25, 0.3) is 0 Å². The van der Waals surface area contributed by atoms with Gasteiger partial charge in [0, 0.05) is 24.2 Å². The Balaban J connectivity index is 2.14. The van der Waals surface area contributed by atoms with E-state index in [-0.39, 0.29) is 18.0 Å². The predicted octanol–water partition coefficient (Wildman–Crippen LogP) is 4.75. The average molecular weight is 419 g/mol. The van der Waals surface area contributed by atoms with Crippen LogP contribution in [-0.4, -0.2) is 33.6 Å². The first kappa shape index (κ1) is 21.7. The number of aliphatic hydroxyl groups excluding tert-OH is 1. The van der Waals surface area contributed by atoms with Gasteiger partial charge in [-0.2, -0.15) is 18.3 Å². The Morgan fingerprint density at radius 3 is 2.43 bits per heavy atom. The molecule has 8 heteroatoms. The zero-order valence-corrected chi connectivity index (χ0v) is 16.8. The van der Waals surface area contributed by atoms with Crippen LogP contribution < -0.4 is 5.43 Å². The van der Waals surface area contributed by atoms with E-state index in [4.69, 9.17) is 5.11 Å². The Labute approximate surface area is 172 Å². The number of aryl methyl sites for hydroxylation is 1. The van der Waals surface area contributed by atoms with Crippen molar-refractivity contribution in [1.82, 2.24) is 9.99 Å². The van der Waals surface area contributed by atoms with Crippen LogP contribution in [-0.2, 0) is 6.18 Å². The lowest BCUT2D eigenvalue weighted by Gasteiger charge is -2.10. The minimum atomic E-state index is -4.50. The number of alkyl halides is 3. The minimum Gasteiger partial charge on any atom is -0.494 e. The van der Waals surface area contributed by atoms with Crippen LogP contribution in [0.3, 0.4) is 0 Å². The van der Waals surface area contributed by atoms with Crippen LogP contribution in [0.1, 0.15) is 36.5 Å². The number of aliphatic hydroxyl groups is 1. The third kappa shape index (κ3) is 4.43. The van der Waals surface area contributed by atoms with Crippen molar-refractivity contribution < 1.29 is 23.4 Å². The van der Waals surface area contributed by atoms with Crippen molar-refractivity contribution in [2.24, 2.45) is 5.10 Å². The molecule has 1 heterocycles. The van der Waals surface area contributed by atoms with Crippen LogP contribution in [0.15, 0.2) is 47.6 Å². The van der Waals surface area contributed by atoms with Gasteiger partial charge in [-0.3, -0.25) is 4.57 Å². The molecule has 0 aliphatic carbocycles. The van der Waals surface area contributed by atoms with Gasteiger partial charge in [-0.15, -0.1) is 0 Å². The Morgan fingerprint density at radius 2 is 1.80 bits per heavy atom. The van der Waals surface area contributed by atoms with Crippen LogP contribution in [0.4, 0.5) is 13.2 Å². The lowest BCUT2D eigenvalue weighted by atomic mass is 10.1. The fraction of sp³-hybridized carbons (Fsp3) is 0.318. The molecule has 0 saturated heterocycles. The van der Waals surface area contributed by atoms with E-state index >= 15 is 0 Å². The summed E-state index contributed by atoms with van der Waals surface area (Å²) in [6, 6.07) is 10.6. The Bertz CT molecular complexity index is 1050. The zero-order valence-electron chi connectivity index (χ0n) is 16.8. The molecule has 0 spiro atoms. The van der Waals surface area contributed by atoms with E-state index in [2.05, 4.69) is 10.5 Å². The molecule has 160 valence electrons. The number of hydrazone groups is 1. The summed E-state index contributed by atoms with van der Waals surface area (Å²) in [5.74, 6) is -0.174. The van der Waals surface area contributed by atoms with Gasteiger partial charge in [-0.05, 0) is 51.0 Å². The van der Waals surface area contributed by atoms with Crippen LogP contribution in [0.2, 0.25) is 0 Å². The SMILES string of the molecule is CC(=NNCCCCO)c1c(O)n(-c2ccc(C)cc2)c2cc(C(F)(F)F)ccc12. The Morgan fingerprint density at radius 1 is 1.10 bits per heavy atom. The molecule has 0 saturated carbocycles. The van der Waals surface area contributed by atoms with Gasteiger partial charge in [-0.25, -0.2) is 0 Å². The summed E-state index contributed by atoms with van der Waals surface area (Å²) in [6.45, 7) is 4.22. The lowest BCUT2D eigenvalue weighted by Crippen LogP contribution is -2.11. The number of benzene rings is 2. The number of hydrogen-bond donors (Lipinski definition) is 3. The molecule has 0 aliphatic rings. The first-order valence-electron chi connectivity index (χ1n) is 9.64. The van der Waals surface area contributed by atoms with Crippen molar-refractivity contribution in [1.29, 1.82) is 0 Å². The van der Waals surface area contributed by atoms with E-state index in [0.717, 1.165) is 24.1 Å². The molecule has 3 N–H and O–H groups in total. The molecule has 3 rings (SSSR count). The number of nitrogens with zero attached hydrogens (tertiary/aromatic N) is 2. The minimum absolute atomic E-state index is 0.0940. The number of unbranched alkanes of at least 4 members (excludes halogenated alkanes) is 1. The quantitative estimate of drug-likeness (QED) is 0.294. The third-order valence-corrected chi connectivity index (χ3v) is 4.87. The van der Waals surface area contributed by atoms with E-state index in [1.165, 1.54) is 10.6 Å². The molecule has 0 aliphatic heterocycles. The zero-order chi connectivity index (χ0) is 21.9. The molecule has 0 bridgehead atoms. The largest absolute Gasteiger partial charge is 0.494 e. The summed E-state index contributed by atoms with van der Waals surface area (Å²) in [4.78, 5) is 0. The van der Waals surface area contributed by atoms with Gasteiger partial charge < -0.3 is 15.6 Å². The fourth-order valence-corrected chi connectivity index (χ4v) is 3.31. The number of halogens is 3. The summed E-state index contributed by atoms with van der Waals surface area (Å²) >= 11 is 0. The monoisotopic (exact) mass is 419 g/mol. The predicted molar refractivity (Wildman–Crippen MR) is 111 cm³/mol. The second kappa shape index (κ2) is 8.79. The molecule has 1 aromatic heterocycles. The van der Waals surface area contributed by atoms with Crippen molar-refractivity contribution in [3.05, 3.63) is 59.2 Å². The average Bonchev–Trinajstić information content (AvgIpc) is 2.99. The maximum Gasteiger partial charge on any atom is 0.416 e. The standard InChI is InChI=1S/C22H24F3N3O2/c1-14-5-8-17(9-6-14)28-19-13-16(22(23,24)25)7-10-18(19)20(21(28)30)15(2)27-26-11-3-4-12-29/h5-10,13,26,29-30H,3-4,11-12H2,1-2H3. The van der Waals surface area contributed by atoms with Gasteiger partial charge in [0.1, 0.15) is 0 Å². The van der Waals surface area contributed by atoms with Gasteiger partial charge >= 0.3 is 6.18 Å². The maximum absolute atomic E-state index is 13.3. The summed E-state index contributed by atoms with van der Waals surface area (Å²) in [5.41, 5.74) is 4.71. The molecule has 0 atom stereocenters. The molecule has 2 aromatic carbocycles. The molecule has 0 unspecified atom stereocenters. The maximum atomic E-state index is 13.3. The second-order valence-corrected chi connectivity index (χ2v) is 7.14. The van der Waals surface area contributed by atoms with Crippen molar-refractivity contribution in [2.45, 2.75) is 32.9 Å². The van der Waals surface area contributed by atoms with E-state index in [9.17, 15) is 18.3 Å². The second-order valence-electron chi connectivity index (χ2n) is 7.14. The van der Waals surface area contributed by atoms with Gasteiger partial charge in [0.2, 0.25) is 5.88 Å². The molecule has 0 amide bonds. The highest BCUT2D eigenvalue weighted by atomic mass is 19.4. The number of hydrogen-bond acceptors (Lipinski definition) is 4. The molecular formula is C22H24F3N3O2. The molecule has 0 fully saturated rings. The number of aromatic hydroxyl groups is 1. The Kier molecular flexibility index (Phi) is 6.36. The highest BCUT2D eigenvalue weighted by Gasteiger charge is 2.32. The number of nitrogens with one attached hydrogen (secondary N) is 1. The van der Waals surface area contributed by atoms with Crippen molar-refractivity contribution >= 4 is 16.6 Å². The topological polar surface area (TPSA) is 69.8 Å². The highest BCUT2D eigenvalue weighted by Crippen LogP contribution is 2.38. The molecule has 0 radical (unpaired) electrons. The molecule has 5 nitrogen and oxygen atoms in total. The molecule has 3 aromatic rings. The van der Waals surface area contributed by atoms with E-state index in [1.54, 1.807) is 19.1 Å². The van der Waals surface area contributed by atoms with Crippen LogP contribution in [0, 0.1) is 6.92 Å². The summed E-state index contributed by atoms with van der Waals surface area (Å²) < 4.78 is 41.3. The third-order valence-electron chi connectivity index (χ3n) is 4.87. The first-order valence-corrected chi connectivity index (χ1v) is 9.64. The van der Waals surface area contributed by atoms with Crippen molar-refractivity contribution in [3.63, 3.8) is 0 Å². The van der Waals surface area contributed by atoms with Gasteiger partial charge in [0.05, 0.1) is 22.4 Å². The van der Waals surface area contributed by atoms with Crippen molar-refractivity contribution in [3.8, 4) is 11.6 Å². The number of aromatic nitrogens is 1. The summed E-state index contributed by atoms with van der Waals surface area (Å²) in [7, 11) is 0. The molecular weight excluding hydrogens is 395 g/mol. The summed E-state index contributed by atoms with van der Waals surface area (Å²) in [6.07, 6.45) is -3.14. The fourth-order valence-electron chi connectivity index (χ4n) is 3.31. The number of fused-ring (bicyclic) bond motifs is 1. The smallest absolute Gasteiger partial charge is 0.416 e. The van der Waals surface area contributed by atoms with Crippen LogP contribution in [0.5, 0.6) is 5.88 Å². The van der Waals surface area contributed by atoms with Crippen LogP contribution in [0.25, 0.3) is 16.6 Å². The van der Waals surface area contributed by atoms with Gasteiger partial charge in [-0.1, -0.05) is 23.8 Å². The van der Waals surface area contributed by atoms with E-state index in [1.807, 2.05) is 19.1 Å². The van der Waals surface area contributed by atoms with E-state index < -0.39 is 11.7 Å². The van der Waals surface area contributed by atoms with Gasteiger partial charge in [0.15, 0.2) is 0 Å². The first-order chi connectivity index (χ1) is 14.2. The number of rotatable bonds is 7. The normalized spacial score (nSPS) is 12.5. The summed E-state index contributed by atoms with van der Waals surface area (Å²) in [5, 5.41) is 24.5. The van der Waals surface area contributed by atoms with Crippen molar-refractivity contribution in [2.75, 3.05) is 13.2 Å². The highest BCUT2D eigenvalue weighted by molar-refractivity contribution is 6.12. The lowest BCUT2D eigenvalue weighted by molar-refractivity contribution is -0.137. The van der Waals surface area contributed by atoms with Crippen LogP contribution >= 0.6 is 0 Å². The Hall–Kier alpha value is -3.00. The molecule has 30 heavy (non-hydrogen) atoms.